The molecule has 0 unspecified atom stereocenters. The molecular formula is C23H21ClN2O3S. The first-order chi connectivity index (χ1) is 14.4. The number of carbonyl (C=O) groups is 1. The van der Waals surface area contributed by atoms with E-state index in [0.717, 1.165) is 16.8 Å². The Morgan fingerprint density at radius 2 is 1.67 bits per heavy atom. The van der Waals surface area contributed by atoms with Crippen LogP contribution in [0.25, 0.3) is 0 Å². The zero-order valence-electron chi connectivity index (χ0n) is 16.2. The van der Waals surface area contributed by atoms with Gasteiger partial charge in [-0.25, -0.2) is 8.42 Å². The van der Waals surface area contributed by atoms with Crippen molar-refractivity contribution in [3.05, 3.63) is 94.5 Å². The number of aryl methyl sites for hydroxylation is 1. The summed E-state index contributed by atoms with van der Waals surface area (Å²) in [6, 6.07) is 21.9. The van der Waals surface area contributed by atoms with E-state index in [-0.39, 0.29) is 11.7 Å². The lowest BCUT2D eigenvalue weighted by molar-refractivity contribution is -0.119. The number of carbonyl (C=O) groups excluding carboxylic acids is 1. The number of rotatable bonds is 6. The molecule has 4 rings (SSSR count). The molecule has 5 nitrogen and oxygen atoms in total. The third-order valence-electron chi connectivity index (χ3n) is 4.98. The summed E-state index contributed by atoms with van der Waals surface area (Å²) in [7, 11) is -3.59. The largest absolute Gasteiger partial charge is 0.308 e. The highest BCUT2D eigenvalue weighted by Crippen LogP contribution is 2.32. The van der Waals surface area contributed by atoms with E-state index in [9.17, 15) is 13.2 Å². The van der Waals surface area contributed by atoms with E-state index in [1.54, 1.807) is 35.2 Å². The number of hydrogen-bond donors (Lipinski definition) is 1. The number of benzene rings is 3. The monoisotopic (exact) mass is 440 g/mol. The maximum Gasteiger partial charge on any atom is 0.236 e. The van der Waals surface area contributed by atoms with Gasteiger partial charge in [-0.15, -0.1) is 0 Å². The smallest absolute Gasteiger partial charge is 0.236 e. The van der Waals surface area contributed by atoms with Gasteiger partial charge in [-0.2, -0.15) is 0 Å². The molecule has 0 radical (unpaired) electrons. The lowest BCUT2D eigenvalue weighted by Gasteiger charge is -2.30. The Morgan fingerprint density at radius 3 is 2.43 bits per heavy atom. The SMILES string of the molecule is O=C1CCc2cc(NS(=O)(=O)Cc3cccc(Cl)c3)ccc2N1Cc1ccccc1. The van der Waals surface area contributed by atoms with Gasteiger partial charge in [0.1, 0.15) is 0 Å². The van der Waals surface area contributed by atoms with Crippen molar-refractivity contribution in [1.29, 1.82) is 0 Å². The molecule has 1 N–H and O–H groups in total. The lowest BCUT2D eigenvalue weighted by atomic mass is 10.00. The molecule has 1 amide bonds. The number of fused-ring (bicyclic) bond motifs is 1. The fraction of sp³-hybridized carbons (Fsp3) is 0.174. The van der Waals surface area contributed by atoms with Crippen molar-refractivity contribution < 1.29 is 13.2 Å². The number of hydrogen-bond acceptors (Lipinski definition) is 3. The zero-order chi connectivity index (χ0) is 21.1. The Bertz CT molecular complexity index is 1180. The van der Waals surface area contributed by atoms with Crippen LogP contribution in [0.1, 0.15) is 23.1 Å². The van der Waals surface area contributed by atoms with Crippen molar-refractivity contribution in [3.63, 3.8) is 0 Å². The molecule has 1 heterocycles. The van der Waals surface area contributed by atoms with Crippen LogP contribution in [0.3, 0.4) is 0 Å². The minimum Gasteiger partial charge on any atom is -0.308 e. The standard InChI is InChI=1S/C23H21ClN2O3S/c24-20-8-4-7-18(13-20)16-30(28,29)25-21-10-11-22-19(14-21)9-12-23(27)26(22)15-17-5-2-1-3-6-17/h1-8,10-11,13-14,25H,9,12,15-16H2. The van der Waals surface area contributed by atoms with Crippen LogP contribution >= 0.6 is 11.6 Å². The average Bonchev–Trinajstić information content (AvgIpc) is 2.70. The molecule has 0 fully saturated rings. The summed E-state index contributed by atoms with van der Waals surface area (Å²) < 4.78 is 27.8. The molecule has 0 atom stereocenters. The highest BCUT2D eigenvalue weighted by molar-refractivity contribution is 7.91. The van der Waals surface area contributed by atoms with E-state index in [1.807, 2.05) is 42.5 Å². The Balaban J connectivity index is 1.54. The van der Waals surface area contributed by atoms with Gasteiger partial charge in [-0.3, -0.25) is 9.52 Å². The fourth-order valence-electron chi connectivity index (χ4n) is 3.62. The molecule has 1 aliphatic rings. The van der Waals surface area contributed by atoms with Crippen molar-refractivity contribution in [2.75, 3.05) is 9.62 Å². The minimum atomic E-state index is -3.59. The van der Waals surface area contributed by atoms with Crippen molar-refractivity contribution in [2.45, 2.75) is 25.1 Å². The lowest BCUT2D eigenvalue weighted by Crippen LogP contribution is -2.34. The Morgan fingerprint density at radius 1 is 0.900 bits per heavy atom. The van der Waals surface area contributed by atoms with Gasteiger partial charge in [0.05, 0.1) is 12.3 Å². The quantitative estimate of drug-likeness (QED) is 0.600. The minimum absolute atomic E-state index is 0.0700. The fourth-order valence-corrected chi connectivity index (χ4v) is 5.01. The van der Waals surface area contributed by atoms with Gasteiger partial charge in [0.25, 0.3) is 0 Å². The molecule has 3 aromatic rings. The van der Waals surface area contributed by atoms with Gasteiger partial charge < -0.3 is 4.90 Å². The van der Waals surface area contributed by atoms with Gasteiger partial charge in [-0.05, 0) is 53.4 Å². The predicted molar refractivity (Wildman–Crippen MR) is 120 cm³/mol. The molecule has 154 valence electrons. The third kappa shape index (κ3) is 4.83. The molecule has 0 saturated heterocycles. The second kappa shape index (κ2) is 8.50. The number of amides is 1. The third-order valence-corrected chi connectivity index (χ3v) is 6.48. The summed E-state index contributed by atoms with van der Waals surface area (Å²) in [6.45, 7) is 0.493. The van der Waals surface area contributed by atoms with Crippen molar-refractivity contribution >= 4 is 38.9 Å². The molecule has 30 heavy (non-hydrogen) atoms. The van der Waals surface area contributed by atoms with Crippen LogP contribution in [0.2, 0.25) is 5.02 Å². The topological polar surface area (TPSA) is 66.5 Å². The van der Waals surface area contributed by atoms with E-state index in [1.165, 1.54) is 0 Å². The maximum absolute atomic E-state index is 12.6. The van der Waals surface area contributed by atoms with Crippen molar-refractivity contribution in [1.82, 2.24) is 0 Å². The summed E-state index contributed by atoms with van der Waals surface area (Å²) in [6.07, 6.45) is 0.988. The van der Waals surface area contributed by atoms with E-state index in [4.69, 9.17) is 11.6 Å². The Labute approximate surface area is 181 Å². The number of nitrogens with one attached hydrogen (secondary N) is 1. The predicted octanol–water partition coefficient (Wildman–Crippen LogP) is 4.76. The number of anilines is 2. The molecule has 0 bridgehead atoms. The van der Waals surface area contributed by atoms with Gasteiger partial charge in [0.15, 0.2) is 0 Å². The van der Waals surface area contributed by atoms with Crippen molar-refractivity contribution in [3.8, 4) is 0 Å². The molecule has 1 aliphatic heterocycles. The number of halogens is 1. The maximum atomic E-state index is 12.6. The second-order valence-corrected chi connectivity index (χ2v) is 9.46. The highest BCUT2D eigenvalue weighted by atomic mass is 35.5. The molecular weight excluding hydrogens is 420 g/mol. The molecule has 0 aliphatic carbocycles. The van der Waals surface area contributed by atoms with E-state index < -0.39 is 10.0 Å². The van der Waals surface area contributed by atoms with Gasteiger partial charge in [-0.1, -0.05) is 54.1 Å². The molecule has 7 heteroatoms. The van der Waals surface area contributed by atoms with Gasteiger partial charge >= 0.3 is 0 Å². The zero-order valence-corrected chi connectivity index (χ0v) is 17.8. The van der Waals surface area contributed by atoms with Crippen LogP contribution in [-0.2, 0) is 33.5 Å². The molecule has 3 aromatic carbocycles. The Kier molecular flexibility index (Phi) is 5.79. The molecule has 0 aromatic heterocycles. The first-order valence-electron chi connectivity index (χ1n) is 9.62. The van der Waals surface area contributed by atoms with Gasteiger partial charge in [0, 0.05) is 22.8 Å². The highest BCUT2D eigenvalue weighted by Gasteiger charge is 2.25. The second-order valence-electron chi connectivity index (χ2n) is 7.30. The normalized spacial score (nSPS) is 13.8. The van der Waals surface area contributed by atoms with E-state index in [2.05, 4.69) is 4.72 Å². The van der Waals surface area contributed by atoms with Crippen LogP contribution in [0.5, 0.6) is 0 Å². The van der Waals surface area contributed by atoms with Crippen LogP contribution in [-0.4, -0.2) is 14.3 Å². The Hall–Kier alpha value is -2.83. The first kappa shape index (κ1) is 20.4. The van der Waals surface area contributed by atoms with Crippen LogP contribution in [0.4, 0.5) is 11.4 Å². The summed E-state index contributed by atoms with van der Waals surface area (Å²) >= 11 is 5.95. The summed E-state index contributed by atoms with van der Waals surface area (Å²) in [5, 5.41) is 0.500. The van der Waals surface area contributed by atoms with Gasteiger partial charge in [0.2, 0.25) is 15.9 Å². The van der Waals surface area contributed by atoms with Crippen molar-refractivity contribution in [2.24, 2.45) is 0 Å². The number of sulfonamides is 1. The van der Waals surface area contributed by atoms with Crippen LogP contribution in [0.15, 0.2) is 72.8 Å². The summed E-state index contributed by atoms with van der Waals surface area (Å²) in [5.41, 5.74) is 3.93. The summed E-state index contributed by atoms with van der Waals surface area (Å²) in [4.78, 5) is 14.3. The first-order valence-corrected chi connectivity index (χ1v) is 11.6. The average molecular weight is 441 g/mol. The summed E-state index contributed by atoms with van der Waals surface area (Å²) in [5.74, 6) is -0.0934. The van der Waals surface area contributed by atoms with E-state index in [0.29, 0.717) is 35.7 Å². The molecule has 0 spiro atoms. The van der Waals surface area contributed by atoms with Crippen LogP contribution in [0, 0.1) is 0 Å². The van der Waals surface area contributed by atoms with E-state index >= 15 is 0 Å². The molecule has 0 saturated carbocycles. The van der Waals surface area contributed by atoms with Crippen LogP contribution < -0.4 is 9.62 Å². The number of nitrogens with zero attached hydrogens (tertiary/aromatic N) is 1.